The highest BCUT2D eigenvalue weighted by Crippen LogP contribution is 2.25. The zero-order valence-electron chi connectivity index (χ0n) is 26.1. The number of nitro groups is 1. The van der Waals surface area contributed by atoms with Gasteiger partial charge in [-0.2, -0.15) is 0 Å². The Morgan fingerprint density at radius 3 is 1.98 bits per heavy atom. The van der Waals surface area contributed by atoms with Crippen molar-refractivity contribution in [2.24, 2.45) is 10.8 Å². The van der Waals surface area contributed by atoms with E-state index >= 15 is 0 Å². The summed E-state index contributed by atoms with van der Waals surface area (Å²) in [6.07, 6.45) is 0.844. The summed E-state index contributed by atoms with van der Waals surface area (Å²) in [6, 6.07) is 25.1. The predicted molar refractivity (Wildman–Crippen MR) is 176 cm³/mol. The molecule has 244 valence electrons. The normalized spacial score (nSPS) is 12.0. The number of carbonyl (C=O) groups is 3. The molecule has 3 amide bonds. The first-order valence-corrected chi connectivity index (χ1v) is 15.0. The summed E-state index contributed by atoms with van der Waals surface area (Å²) in [5.74, 6) is -1.78. The third-order valence-electron chi connectivity index (χ3n) is 7.06. The second-order valence-corrected chi connectivity index (χ2v) is 11.0. The molecule has 0 unspecified atom stereocenters. The van der Waals surface area contributed by atoms with Crippen LogP contribution >= 0.6 is 0 Å². The number of guanidine groups is 1. The van der Waals surface area contributed by atoms with Gasteiger partial charge in [0.2, 0.25) is 17.7 Å². The molecular formula is C33H42N8O5. The van der Waals surface area contributed by atoms with Gasteiger partial charge in [-0.15, -0.1) is 0 Å². The molecule has 6 N–H and O–H groups in total. The number of nitrogens with one attached hydrogen (secondary N) is 4. The van der Waals surface area contributed by atoms with Crippen LogP contribution in [0.15, 0.2) is 90.0 Å². The minimum atomic E-state index is -0.903. The summed E-state index contributed by atoms with van der Waals surface area (Å²) >= 11 is 0. The van der Waals surface area contributed by atoms with Crippen molar-refractivity contribution in [1.29, 1.82) is 0 Å². The Morgan fingerprint density at radius 2 is 1.41 bits per heavy atom. The number of hydrazone groups is 1. The lowest BCUT2D eigenvalue weighted by Crippen LogP contribution is -2.48. The number of nitrogens with zero attached hydrogens (tertiary/aromatic N) is 3. The van der Waals surface area contributed by atoms with Crippen LogP contribution in [0.2, 0.25) is 0 Å². The monoisotopic (exact) mass is 630 g/mol. The number of hydrogen-bond acceptors (Lipinski definition) is 6. The first-order valence-electron chi connectivity index (χ1n) is 15.0. The Balaban J connectivity index is 1.67. The third-order valence-corrected chi connectivity index (χ3v) is 7.06. The van der Waals surface area contributed by atoms with Gasteiger partial charge in [0, 0.05) is 26.2 Å². The topological polar surface area (TPSA) is 184 Å². The lowest BCUT2D eigenvalue weighted by Gasteiger charge is -2.23. The van der Waals surface area contributed by atoms with Crippen LogP contribution in [-0.4, -0.2) is 73.4 Å². The molecule has 3 aromatic rings. The molecule has 0 aliphatic rings. The minimum Gasteiger partial charge on any atom is -0.365 e. The van der Waals surface area contributed by atoms with Gasteiger partial charge < -0.3 is 31.9 Å². The van der Waals surface area contributed by atoms with Gasteiger partial charge in [0.1, 0.15) is 11.1 Å². The molecule has 3 rings (SSSR count). The van der Waals surface area contributed by atoms with Crippen LogP contribution in [0, 0.1) is 10.1 Å². The number of amides is 3. The number of hydrogen-bond donors (Lipinski definition) is 5. The lowest BCUT2D eigenvalue weighted by atomic mass is 9.90. The molecule has 0 spiro atoms. The second kappa shape index (κ2) is 18.5. The molecule has 0 saturated heterocycles. The van der Waals surface area contributed by atoms with Gasteiger partial charge >= 0.3 is 0 Å². The SMILES string of the molecule is CN(C)CCNC(=O)Cc1ccc(CNC(=O)[C@@H](CCCNC(N)=N[N+](=O)[O-])NC(=O)C(c2ccccc2)c2ccccc2)cc1. The summed E-state index contributed by atoms with van der Waals surface area (Å²) in [6.45, 7) is 1.74. The molecule has 0 heterocycles. The van der Waals surface area contributed by atoms with Gasteiger partial charge in [0.25, 0.3) is 5.96 Å². The van der Waals surface area contributed by atoms with Crippen molar-refractivity contribution in [3.05, 3.63) is 117 Å². The molecule has 13 nitrogen and oxygen atoms in total. The maximum absolute atomic E-state index is 13.8. The van der Waals surface area contributed by atoms with Crippen LogP contribution in [0.1, 0.15) is 41.0 Å². The Kier molecular flexibility index (Phi) is 14.1. The Morgan fingerprint density at radius 1 is 0.826 bits per heavy atom. The van der Waals surface area contributed by atoms with E-state index in [1.807, 2.05) is 104 Å². The summed E-state index contributed by atoms with van der Waals surface area (Å²) in [5, 5.41) is 24.0. The van der Waals surface area contributed by atoms with E-state index in [0.717, 1.165) is 28.8 Å². The van der Waals surface area contributed by atoms with Gasteiger partial charge in [0.15, 0.2) is 5.03 Å². The Hall–Kier alpha value is -5.30. The molecule has 46 heavy (non-hydrogen) atoms. The standard InChI is InChI=1S/C33H42N8O5/c1-40(2)21-20-35-29(42)22-24-15-17-25(18-16-24)23-37-31(43)28(14-9-19-36-33(34)39-41(45)46)38-32(44)30(26-10-5-3-6-11-26)27-12-7-4-8-13-27/h3-8,10-13,15-18,28,30H,9,14,19-23H2,1-2H3,(H,35,42)(H,37,43)(H,38,44)(H3,34,36,39)/t28-/m1/s1. The van der Waals surface area contributed by atoms with Gasteiger partial charge in [-0.1, -0.05) is 84.9 Å². The molecule has 1 atom stereocenters. The van der Waals surface area contributed by atoms with Crippen molar-refractivity contribution < 1.29 is 19.4 Å². The third kappa shape index (κ3) is 12.4. The lowest BCUT2D eigenvalue weighted by molar-refractivity contribution is -0.485. The maximum Gasteiger partial charge on any atom is 0.266 e. The van der Waals surface area contributed by atoms with Crippen molar-refractivity contribution in [2.45, 2.75) is 37.8 Å². The van der Waals surface area contributed by atoms with Crippen LogP contribution in [0.5, 0.6) is 0 Å². The highest BCUT2D eigenvalue weighted by Gasteiger charge is 2.27. The number of rotatable bonds is 17. The molecule has 0 bridgehead atoms. The van der Waals surface area contributed by atoms with Gasteiger partial charge in [-0.3, -0.25) is 14.4 Å². The van der Waals surface area contributed by atoms with Gasteiger partial charge in [0.05, 0.1) is 12.3 Å². The van der Waals surface area contributed by atoms with Crippen LogP contribution in [0.4, 0.5) is 0 Å². The average Bonchev–Trinajstić information content (AvgIpc) is 3.02. The number of carbonyl (C=O) groups excluding carboxylic acids is 3. The van der Waals surface area contributed by atoms with Crippen LogP contribution in [0.25, 0.3) is 0 Å². The first-order chi connectivity index (χ1) is 22.1. The quantitative estimate of drug-likeness (QED) is 0.0491. The Bertz CT molecular complexity index is 1410. The molecule has 3 aromatic carbocycles. The van der Waals surface area contributed by atoms with Crippen molar-refractivity contribution >= 4 is 23.7 Å². The predicted octanol–water partition coefficient (Wildman–Crippen LogP) is 1.72. The highest BCUT2D eigenvalue weighted by molar-refractivity contribution is 5.92. The zero-order valence-corrected chi connectivity index (χ0v) is 26.1. The van der Waals surface area contributed by atoms with Crippen molar-refractivity contribution in [3.63, 3.8) is 0 Å². The fourth-order valence-electron chi connectivity index (χ4n) is 4.71. The van der Waals surface area contributed by atoms with Crippen molar-refractivity contribution in [1.82, 2.24) is 26.2 Å². The number of benzene rings is 3. The van der Waals surface area contributed by atoms with E-state index in [1.165, 1.54) is 0 Å². The van der Waals surface area contributed by atoms with E-state index in [1.54, 1.807) is 0 Å². The summed E-state index contributed by atoms with van der Waals surface area (Å²) in [5.41, 5.74) is 8.74. The van der Waals surface area contributed by atoms with Crippen molar-refractivity contribution in [3.8, 4) is 0 Å². The van der Waals surface area contributed by atoms with Crippen LogP contribution in [0.3, 0.4) is 0 Å². The van der Waals surface area contributed by atoms with E-state index in [-0.39, 0.29) is 49.6 Å². The molecule has 0 aliphatic carbocycles. The molecule has 0 fully saturated rings. The van der Waals surface area contributed by atoms with Crippen molar-refractivity contribution in [2.75, 3.05) is 33.7 Å². The van der Waals surface area contributed by atoms with Gasteiger partial charge in [-0.05, 0) is 49.2 Å². The van der Waals surface area contributed by atoms with Gasteiger partial charge in [-0.25, -0.2) is 10.1 Å². The molecule has 0 saturated carbocycles. The van der Waals surface area contributed by atoms with E-state index in [2.05, 4.69) is 26.4 Å². The largest absolute Gasteiger partial charge is 0.365 e. The second-order valence-electron chi connectivity index (χ2n) is 11.0. The van der Waals surface area contributed by atoms with Crippen LogP contribution < -0.4 is 27.0 Å². The van der Waals surface area contributed by atoms with E-state index < -0.39 is 17.0 Å². The molecule has 13 heteroatoms. The molecular weight excluding hydrogens is 588 g/mol. The van der Waals surface area contributed by atoms with E-state index in [4.69, 9.17) is 5.73 Å². The molecule has 0 radical (unpaired) electrons. The fraction of sp³-hybridized carbons (Fsp3) is 0.333. The van der Waals surface area contributed by atoms with E-state index in [9.17, 15) is 24.5 Å². The highest BCUT2D eigenvalue weighted by atomic mass is 16.7. The number of nitrogens with two attached hydrogens (primary N) is 1. The molecule has 0 aliphatic heterocycles. The Labute approximate surface area is 268 Å². The minimum absolute atomic E-state index is 0.0632. The average molecular weight is 631 g/mol. The smallest absolute Gasteiger partial charge is 0.266 e. The molecule has 0 aromatic heterocycles. The van der Waals surface area contributed by atoms with Crippen LogP contribution in [-0.2, 0) is 27.3 Å². The summed E-state index contributed by atoms with van der Waals surface area (Å²) in [7, 11) is 3.88. The first kappa shape index (κ1) is 35.2. The fourth-order valence-corrected chi connectivity index (χ4v) is 4.71. The maximum atomic E-state index is 13.8. The summed E-state index contributed by atoms with van der Waals surface area (Å²) < 4.78 is 0. The number of likely N-dealkylation sites (N-methyl/N-ethyl adjacent to an activating group) is 1. The summed E-state index contributed by atoms with van der Waals surface area (Å²) in [4.78, 5) is 52.0. The zero-order chi connectivity index (χ0) is 33.3. The van der Waals surface area contributed by atoms with E-state index in [0.29, 0.717) is 13.0 Å².